The molecule has 1 aromatic rings. The molecule has 0 N–H and O–H groups in total. The fourth-order valence-electron chi connectivity index (χ4n) is 1.49. The van der Waals surface area contributed by atoms with Crippen molar-refractivity contribution in [2.45, 2.75) is 19.8 Å². The number of benzene rings is 1. The molecule has 0 atom stereocenters. The summed E-state index contributed by atoms with van der Waals surface area (Å²) >= 11 is 9.20. The lowest BCUT2D eigenvalue weighted by Gasteiger charge is -2.07. The second kappa shape index (κ2) is 6.97. The molecule has 3 heteroatoms. The van der Waals surface area contributed by atoms with E-state index in [1.54, 1.807) is 7.11 Å². The molecule has 0 saturated heterocycles. The monoisotopic (exact) mass is 302 g/mol. The summed E-state index contributed by atoms with van der Waals surface area (Å²) in [7, 11) is 1.68. The molecule has 16 heavy (non-hydrogen) atoms. The predicted octanol–water partition coefficient (Wildman–Crippen LogP) is 4.58. The van der Waals surface area contributed by atoms with Gasteiger partial charge in [-0.2, -0.15) is 0 Å². The molecular weight excluding hydrogens is 287 g/mol. The van der Waals surface area contributed by atoms with Crippen molar-refractivity contribution in [2.75, 3.05) is 13.0 Å². The van der Waals surface area contributed by atoms with Crippen LogP contribution in [-0.2, 0) is 6.42 Å². The highest BCUT2D eigenvalue weighted by Gasteiger charge is 2.02. The standard InChI is InChI=1S/C13H16BrClO/c1-10(4-3-7-15)8-11-9-12(16-2)5-6-13(11)14/h4-6,9H,3,7-8H2,1-2H3. The summed E-state index contributed by atoms with van der Waals surface area (Å²) in [5.41, 5.74) is 2.57. The fourth-order valence-corrected chi connectivity index (χ4v) is 1.98. The van der Waals surface area contributed by atoms with Crippen molar-refractivity contribution in [3.8, 4) is 5.75 Å². The van der Waals surface area contributed by atoms with Gasteiger partial charge in [-0.05, 0) is 43.5 Å². The van der Waals surface area contributed by atoms with Gasteiger partial charge in [0.05, 0.1) is 7.11 Å². The van der Waals surface area contributed by atoms with Crippen LogP contribution in [0.4, 0.5) is 0 Å². The molecule has 0 bridgehead atoms. The fraction of sp³-hybridized carbons (Fsp3) is 0.385. The van der Waals surface area contributed by atoms with Gasteiger partial charge < -0.3 is 4.74 Å². The van der Waals surface area contributed by atoms with Crippen LogP contribution in [-0.4, -0.2) is 13.0 Å². The lowest BCUT2D eigenvalue weighted by Crippen LogP contribution is -1.91. The Morgan fingerprint density at radius 3 is 2.88 bits per heavy atom. The van der Waals surface area contributed by atoms with Crippen molar-refractivity contribution in [3.63, 3.8) is 0 Å². The zero-order valence-corrected chi connectivity index (χ0v) is 11.9. The number of ether oxygens (including phenoxy) is 1. The zero-order valence-electron chi connectivity index (χ0n) is 9.59. The van der Waals surface area contributed by atoms with Crippen molar-refractivity contribution < 1.29 is 4.74 Å². The van der Waals surface area contributed by atoms with E-state index in [0.29, 0.717) is 5.88 Å². The van der Waals surface area contributed by atoms with Crippen molar-refractivity contribution >= 4 is 27.5 Å². The van der Waals surface area contributed by atoms with Gasteiger partial charge in [-0.25, -0.2) is 0 Å². The molecule has 0 aliphatic carbocycles. The number of halogens is 2. The minimum absolute atomic E-state index is 0.677. The van der Waals surface area contributed by atoms with Crippen LogP contribution in [0.25, 0.3) is 0 Å². The molecule has 0 radical (unpaired) electrons. The predicted molar refractivity (Wildman–Crippen MR) is 73.5 cm³/mol. The first-order chi connectivity index (χ1) is 7.67. The van der Waals surface area contributed by atoms with E-state index in [9.17, 15) is 0 Å². The molecule has 1 rings (SSSR count). The maximum absolute atomic E-state index is 5.65. The molecule has 0 saturated carbocycles. The van der Waals surface area contributed by atoms with E-state index < -0.39 is 0 Å². The summed E-state index contributed by atoms with van der Waals surface area (Å²) in [5, 5.41) is 0. The smallest absolute Gasteiger partial charge is 0.119 e. The highest BCUT2D eigenvalue weighted by atomic mass is 79.9. The van der Waals surface area contributed by atoms with Crippen LogP contribution in [0.5, 0.6) is 5.75 Å². The normalized spacial score (nSPS) is 11.6. The molecule has 88 valence electrons. The van der Waals surface area contributed by atoms with Crippen LogP contribution in [0, 0.1) is 0 Å². The van der Waals surface area contributed by atoms with Crippen LogP contribution >= 0.6 is 27.5 Å². The van der Waals surface area contributed by atoms with Gasteiger partial charge in [-0.3, -0.25) is 0 Å². The molecule has 1 aromatic carbocycles. The number of alkyl halides is 1. The van der Waals surface area contributed by atoms with Gasteiger partial charge in [0, 0.05) is 10.4 Å². The summed E-state index contributed by atoms with van der Waals surface area (Å²) in [6.07, 6.45) is 4.03. The average molecular weight is 304 g/mol. The van der Waals surface area contributed by atoms with Crippen LogP contribution in [0.1, 0.15) is 18.9 Å². The van der Waals surface area contributed by atoms with Gasteiger partial charge in [0.15, 0.2) is 0 Å². The summed E-state index contributed by atoms with van der Waals surface area (Å²) in [6.45, 7) is 2.12. The van der Waals surface area contributed by atoms with Crippen LogP contribution in [0.15, 0.2) is 34.3 Å². The Kier molecular flexibility index (Phi) is 5.93. The van der Waals surface area contributed by atoms with E-state index in [4.69, 9.17) is 16.3 Å². The molecule has 0 fully saturated rings. The SMILES string of the molecule is COc1ccc(Br)c(CC(C)=CCCCl)c1. The first-order valence-corrected chi connectivity index (χ1v) is 6.54. The maximum Gasteiger partial charge on any atom is 0.119 e. The lowest BCUT2D eigenvalue weighted by atomic mass is 10.1. The van der Waals surface area contributed by atoms with Crippen LogP contribution in [0.2, 0.25) is 0 Å². The van der Waals surface area contributed by atoms with Gasteiger partial charge in [0.25, 0.3) is 0 Å². The quantitative estimate of drug-likeness (QED) is 0.571. The van der Waals surface area contributed by atoms with Crippen molar-refractivity contribution in [2.24, 2.45) is 0 Å². The minimum Gasteiger partial charge on any atom is -0.497 e. The Bertz CT molecular complexity index is 374. The first kappa shape index (κ1) is 13.6. The van der Waals surface area contributed by atoms with E-state index in [0.717, 1.165) is 23.1 Å². The maximum atomic E-state index is 5.65. The molecule has 0 aliphatic heterocycles. The van der Waals surface area contributed by atoms with E-state index >= 15 is 0 Å². The van der Waals surface area contributed by atoms with Gasteiger partial charge in [-0.1, -0.05) is 27.6 Å². The van der Waals surface area contributed by atoms with E-state index in [2.05, 4.69) is 35.0 Å². The summed E-state index contributed by atoms with van der Waals surface area (Å²) in [6, 6.07) is 6.02. The number of methoxy groups -OCH3 is 1. The molecule has 1 nitrogen and oxygen atoms in total. The lowest BCUT2D eigenvalue weighted by molar-refractivity contribution is 0.414. The first-order valence-electron chi connectivity index (χ1n) is 5.21. The van der Waals surface area contributed by atoms with E-state index in [-0.39, 0.29) is 0 Å². The van der Waals surface area contributed by atoms with Crippen molar-refractivity contribution in [1.29, 1.82) is 0 Å². The molecule has 0 spiro atoms. The Hall–Kier alpha value is -0.470. The topological polar surface area (TPSA) is 9.23 Å². The number of rotatable bonds is 5. The molecule has 0 heterocycles. The zero-order chi connectivity index (χ0) is 12.0. The number of allylic oxidation sites excluding steroid dienone is 2. The highest BCUT2D eigenvalue weighted by molar-refractivity contribution is 9.10. The molecular formula is C13H16BrClO. The largest absolute Gasteiger partial charge is 0.497 e. The van der Waals surface area contributed by atoms with E-state index in [1.807, 2.05) is 12.1 Å². The Labute approximate surface area is 111 Å². The molecule has 0 amide bonds. The molecule has 0 aliphatic rings. The Balaban J connectivity index is 2.79. The summed E-state index contributed by atoms with van der Waals surface area (Å²) in [4.78, 5) is 0. The number of hydrogen-bond donors (Lipinski definition) is 0. The van der Waals surface area contributed by atoms with Gasteiger partial charge in [0.2, 0.25) is 0 Å². The minimum atomic E-state index is 0.677. The number of hydrogen-bond acceptors (Lipinski definition) is 1. The van der Waals surface area contributed by atoms with E-state index in [1.165, 1.54) is 11.1 Å². The van der Waals surface area contributed by atoms with Crippen molar-refractivity contribution in [1.82, 2.24) is 0 Å². The van der Waals surface area contributed by atoms with Gasteiger partial charge in [0.1, 0.15) is 5.75 Å². The highest BCUT2D eigenvalue weighted by Crippen LogP contribution is 2.24. The van der Waals surface area contributed by atoms with Gasteiger partial charge in [-0.15, -0.1) is 11.6 Å². The third kappa shape index (κ3) is 4.18. The third-order valence-corrected chi connectivity index (χ3v) is 3.32. The second-order valence-electron chi connectivity index (χ2n) is 3.66. The summed E-state index contributed by atoms with van der Waals surface area (Å²) in [5.74, 6) is 1.57. The van der Waals surface area contributed by atoms with Gasteiger partial charge >= 0.3 is 0 Å². The second-order valence-corrected chi connectivity index (χ2v) is 4.89. The van der Waals surface area contributed by atoms with Crippen LogP contribution in [0.3, 0.4) is 0 Å². The molecule has 0 unspecified atom stereocenters. The average Bonchev–Trinajstić information content (AvgIpc) is 2.29. The Morgan fingerprint density at radius 1 is 1.50 bits per heavy atom. The summed E-state index contributed by atoms with van der Waals surface area (Å²) < 4.78 is 6.33. The molecule has 0 aromatic heterocycles. The van der Waals surface area contributed by atoms with Crippen LogP contribution < -0.4 is 4.74 Å². The van der Waals surface area contributed by atoms with Crippen molar-refractivity contribution in [3.05, 3.63) is 39.9 Å². The third-order valence-electron chi connectivity index (χ3n) is 2.32. The Morgan fingerprint density at radius 2 is 2.25 bits per heavy atom.